The maximum atomic E-state index is 13.6. The van der Waals surface area contributed by atoms with Crippen LogP contribution in [0.5, 0.6) is 0 Å². The van der Waals surface area contributed by atoms with Crippen molar-refractivity contribution in [1.82, 2.24) is 4.48 Å². The number of rotatable bonds is 2. The van der Waals surface area contributed by atoms with E-state index in [0.29, 0.717) is 10.2 Å². The van der Waals surface area contributed by atoms with Gasteiger partial charge in [0.2, 0.25) is 0 Å². The van der Waals surface area contributed by atoms with Crippen molar-refractivity contribution >= 4 is 11.7 Å². The molecule has 0 aliphatic carbocycles. The number of carbonyl (C=O) groups is 1. The third-order valence-corrected chi connectivity index (χ3v) is 2.09. The SMILES string of the molecule is COC(=O)c1ccc([N+](C)(C)C)c(F)c1. The van der Waals surface area contributed by atoms with Gasteiger partial charge in [0, 0.05) is 6.07 Å². The molecule has 0 atom stereocenters. The third-order valence-electron chi connectivity index (χ3n) is 2.09. The number of ether oxygens (including phenoxy) is 1. The molecule has 3 nitrogen and oxygen atoms in total. The van der Waals surface area contributed by atoms with Crippen molar-refractivity contribution in [3.05, 3.63) is 29.6 Å². The zero-order valence-electron chi connectivity index (χ0n) is 9.37. The lowest BCUT2D eigenvalue weighted by molar-refractivity contribution is 0.0600. The molecule has 0 heterocycles. The van der Waals surface area contributed by atoms with Crippen molar-refractivity contribution in [1.29, 1.82) is 0 Å². The molecule has 15 heavy (non-hydrogen) atoms. The molecule has 0 aromatic heterocycles. The van der Waals surface area contributed by atoms with Gasteiger partial charge in [-0.2, -0.15) is 0 Å². The fraction of sp³-hybridized carbons (Fsp3) is 0.364. The molecular weight excluding hydrogens is 197 g/mol. The number of esters is 1. The van der Waals surface area contributed by atoms with Gasteiger partial charge in [0.15, 0.2) is 11.5 Å². The van der Waals surface area contributed by atoms with Crippen LogP contribution in [-0.2, 0) is 4.74 Å². The molecule has 0 saturated heterocycles. The molecule has 0 amide bonds. The standard InChI is InChI=1S/C11H15FNO2/c1-13(2,3)10-6-5-8(7-9(10)12)11(14)15-4/h5-7H,1-4H3/q+1. The summed E-state index contributed by atoms with van der Waals surface area (Å²) in [7, 11) is 6.84. The number of benzene rings is 1. The highest BCUT2D eigenvalue weighted by atomic mass is 19.1. The van der Waals surface area contributed by atoms with Gasteiger partial charge in [-0.25, -0.2) is 9.18 Å². The summed E-state index contributed by atoms with van der Waals surface area (Å²) in [6, 6.07) is 4.36. The van der Waals surface area contributed by atoms with E-state index in [1.165, 1.54) is 13.2 Å². The van der Waals surface area contributed by atoms with E-state index in [0.717, 1.165) is 0 Å². The summed E-state index contributed by atoms with van der Waals surface area (Å²) in [5.74, 6) is -0.924. The van der Waals surface area contributed by atoms with Gasteiger partial charge in [0.25, 0.3) is 0 Å². The van der Waals surface area contributed by atoms with E-state index in [4.69, 9.17) is 0 Å². The van der Waals surface area contributed by atoms with Gasteiger partial charge in [-0.05, 0) is 12.1 Å². The first-order valence-corrected chi connectivity index (χ1v) is 4.56. The minimum Gasteiger partial charge on any atom is -0.465 e. The van der Waals surface area contributed by atoms with Crippen molar-refractivity contribution in [3.8, 4) is 0 Å². The number of quaternary nitrogens is 1. The summed E-state index contributed by atoms with van der Waals surface area (Å²) in [4.78, 5) is 11.1. The van der Waals surface area contributed by atoms with Crippen LogP contribution in [0.1, 0.15) is 10.4 Å². The van der Waals surface area contributed by atoms with Crippen LogP contribution in [0, 0.1) is 5.82 Å². The molecule has 82 valence electrons. The van der Waals surface area contributed by atoms with E-state index in [2.05, 4.69) is 4.74 Å². The monoisotopic (exact) mass is 212 g/mol. The minimum atomic E-state index is -0.526. The summed E-state index contributed by atoms with van der Waals surface area (Å²) in [5.41, 5.74) is 0.759. The van der Waals surface area contributed by atoms with Crippen LogP contribution in [0.2, 0.25) is 0 Å². The Morgan fingerprint density at radius 3 is 2.33 bits per heavy atom. The lowest BCUT2D eigenvalue weighted by atomic mass is 10.2. The van der Waals surface area contributed by atoms with E-state index in [1.54, 1.807) is 12.1 Å². The van der Waals surface area contributed by atoms with Gasteiger partial charge < -0.3 is 4.74 Å². The van der Waals surface area contributed by atoms with Gasteiger partial charge >= 0.3 is 5.97 Å². The van der Waals surface area contributed by atoms with Crippen molar-refractivity contribution in [2.24, 2.45) is 0 Å². The Bertz CT molecular complexity index is 383. The highest BCUT2D eigenvalue weighted by molar-refractivity contribution is 5.89. The summed E-state index contributed by atoms with van der Waals surface area (Å²) in [5, 5.41) is 0. The van der Waals surface area contributed by atoms with E-state index in [1.807, 2.05) is 21.1 Å². The van der Waals surface area contributed by atoms with E-state index >= 15 is 0 Å². The first kappa shape index (κ1) is 11.7. The normalized spacial score (nSPS) is 11.3. The average Bonchev–Trinajstić information content (AvgIpc) is 2.14. The Morgan fingerprint density at radius 2 is 1.93 bits per heavy atom. The first-order chi connectivity index (χ1) is 6.86. The molecule has 0 saturated carbocycles. The lowest BCUT2D eigenvalue weighted by Gasteiger charge is -2.23. The maximum absolute atomic E-state index is 13.6. The fourth-order valence-corrected chi connectivity index (χ4v) is 1.30. The summed E-state index contributed by atoms with van der Waals surface area (Å²) in [6.45, 7) is 0. The van der Waals surface area contributed by atoms with Crippen LogP contribution in [0.4, 0.5) is 10.1 Å². The molecule has 0 unspecified atom stereocenters. The predicted octanol–water partition coefficient (Wildman–Crippen LogP) is 1.81. The summed E-state index contributed by atoms with van der Waals surface area (Å²) in [6.07, 6.45) is 0. The highest BCUT2D eigenvalue weighted by Gasteiger charge is 2.19. The van der Waals surface area contributed by atoms with E-state index < -0.39 is 11.8 Å². The molecule has 1 aromatic carbocycles. The number of nitrogens with zero attached hydrogens (tertiary/aromatic N) is 1. The van der Waals surface area contributed by atoms with Crippen molar-refractivity contribution in [3.63, 3.8) is 0 Å². The fourth-order valence-electron chi connectivity index (χ4n) is 1.30. The Balaban J connectivity index is 3.15. The second kappa shape index (κ2) is 3.98. The minimum absolute atomic E-state index is 0.229. The number of halogens is 1. The molecule has 0 fully saturated rings. The van der Waals surface area contributed by atoms with Crippen molar-refractivity contribution in [2.75, 3.05) is 28.3 Å². The van der Waals surface area contributed by atoms with Crippen LogP contribution in [0.3, 0.4) is 0 Å². The smallest absolute Gasteiger partial charge is 0.337 e. The van der Waals surface area contributed by atoms with E-state index in [-0.39, 0.29) is 5.56 Å². The highest BCUT2D eigenvalue weighted by Crippen LogP contribution is 2.22. The van der Waals surface area contributed by atoms with Gasteiger partial charge in [-0.15, -0.1) is 0 Å². The Labute approximate surface area is 88.7 Å². The third kappa shape index (κ3) is 2.53. The second-order valence-corrected chi connectivity index (χ2v) is 4.17. The lowest BCUT2D eigenvalue weighted by Crippen LogP contribution is -2.35. The summed E-state index contributed by atoms with van der Waals surface area (Å²) < 4.78 is 18.5. The van der Waals surface area contributed by atoms with Crippen LogP contribution >= 0.6 is 0 Å². The van der Waals surface area contributed by atoms with Crippen molar-refractivity contribution < 1.29 is 13.9 Å². The molecule has 0 radical (unpaired) electrons. The Kier molecular flexibility index (Phi) is 3.09. The largest absolute Gasteiger partial charge is 0.465 e. The van der Waals surface area contributed by atoms with Crippen LogP contribution in [0.15, 0.2) is 18.2 Å². The number of hydrogen-bond donors (Lipinski definition) is 0. The zero-order valence-corrected chi connectivity index (χ0v) is 9.37. The van der Waals surface area contributed by atoms with Gasteiger partial charge in [-0.1, -0.05) is 0 Å². The molecule has 0 aliphatic rings. The zero-order chi connectivity index (χ0) is 11.6. The molecule has 0 spiro atoms. The Hall–Kier alpha value is -1.42. The number of carbonyl (C=O) groups excluding carboxylic acids is 1. The molecular formula is C11H15FNO2+. The quantitative estimate of drug-likeness (QED) is 0.552. The van der Waals surface area contributed by atoms with Crippen LogP contribution < -0.4 is 4.48 Å². The van der Waals surface area contributed by atoms with E-state index in [9.17, 15) is 9.18 Å². The van der Waals surface area contributed by atoms with Gasteiger partial charge in [0.05, 0.1) is 33.8 Å². The molecule has 4 heteroatoms. The molecule has 1 aromatic rings. The topological polar surface area (TPSA) is 26.3 Å². The number of methoxy groups -OCH3 is 1. The molecule has 0 aliphatic heterocycles. The predicted molar refractivity (Wildman–Crippen MR) is 57.3 cm³/mol. The first-order valence-electron chi connectivity index (χ1n) is 4.56. The van der Waals surface area contributed by atoms with Crippen LogP contribution in [-0.4, -0.2) is 34.2 Å². The number of hydrogen-bond acceptors (Lipinski definition) is 2. The molecule has 0 N–H and O–H groups in total. The van der Waals surface area contributed by atoms with Crippen LogP contribution in [0.25, 0.3) is 0 Å². The Morgan fingerprint density at radius 1 is 1.33 bits per heavy atom. The maximum Gasteiger partial charge on any atom is 0.337 e. The molecule has 0 bridgehead atoms. The van der Waals surface area contributed by atoms with Gasteiger partial charge in [0.1, 0.15) is 0 Å². The second-order valence-electron chi connectivity index (χ2n) is 4.17. The molecule has 1 rings (SSSR count). The van der Waals surface area contributed by atoms with Crippen molar-refractivity contribution in [2.45, 2.75) is 0 Å². The van der Waals surface area contributed by atoms with Gasteiger partial charge in [-0.3, -0.25) is 4.48 Å². The summed E-state index contributed by atoms with van der Waals surface area (Å²) >= 11 is 0. The average molecular weight is 212 g/mol.